The van der Waals surface area contributed by atoms with Crippen LogP contribution in [0.4, 0.5) is 0 Å². The predicted octanol–water partition coefficient (Wildman–Crippen LogP) is 3.75. The van der Waals surface area contributed by atoms with E-state index in [0.717, 1.165) is 15.1 Å². The number of hydrogen-bond donors (Lipinski definition) is 0. The molecule has 0 nitrogen and oxygen atoms in total. The third kappa shape index (κ3) is 1.41. The zero-order valence-corrected chi connectivity index (χ0v) is 7.61. The zero-order valence-electron chi connectivity index (χ0n) is 5.27. The Labute approximate surface area is 73.6 Å². The molecule has 0 fully saturated rings. The summed E-state index contributed by atoms with van der Waals surface area (Å²) in [5, 5.41) is 0.726. The SMILES string of the molecule is C=Cc1c(Cl)cccc1Br. The average molecular weight is 217 g/mol. The average Bonchev–Trinajstić information content (AvgIpc) is 1.88. The fraction of sp³-hybridized carbons (Fsp3) is 0. The molecule has 0 aromatic heterocycles. The van der Waals surface area contributed by atoms with Gasteiger partial charge in [0.25, 0.3) is 0 Å². The molecule has 1 aromatic rings. The van der Waals surface area contributed by atoms with E-state index in [1.54, 1.807) is 6.08 Å². The van der Waals surface area contributed by atoms with E-state index in [1.807, 2.05) is 18.2 Å². The lowest BCUT2D eigenvalue weighted by atomic mass is 10.2. The van der Waals surface area contributed by atoms with Crippen LogP contribution in [0.2, 0.25) is 5.02 Å². The molecule has 52 valence electrons. The van der Waals surface area contributed by atoms with Crippen LogP contribution in [-0.4, -0.2) is 0 Å². The highest BCUT2D eigenvalue weighted by Gasteiger charge is 1.97. The Kier molecular flexibility index (Phi) is 2.52. The minimum Gasteiger partial charge on any atom is -0.0984 e. The van der Waals surface area contributed by atoms with Gasteiger partial charge in [-0.2, -0.15) is 0 Å². The molecular weight excluding hydrogens is 211 g/mol. The summed E-state index contributed by atoms with van der Waals surface area (Å²) >= 11 is 9.18. The van der Waals surface area contributed by atoms with Crippen molar-refractivity contribution < 1.29 is 0 Å². The highest BCUT2D eigenvalue weighted by Crippen LogP contribution is 2.24. The Hall–Kier alpha value is -0.270. The maximum atomic E-state index is 5.83. The molecule has 0 bridgehead atoms. The van der Waals surface area contributed by atoms with Crippen molar-refractivity contribution in [3.63, 3.8) is 0 Å². The molecular formula is C8H6BrCl. The van der Waals surface area contributed by atoms with E-state index in [9.17, 15) is 0 Å². The first-order chi connectivity index (χ1) is 4.75. The zero-order chi connectivity index (χ0) is 7.56. The second kappa shape index (κ2) is 3.22. The summed E-state index contributed by atoms with van der Waals surface area (Å²) in [6.07, 6.45) is 1.73. The van der Waals surface area contributed by atoms with E-state index >= 15 is 0 Å². The Morgan fingerprint density at radius 1 is 1.50 bits per heavy atom. The molecule has 0 atom stereocenters. The van der Waals surface area contributed by atoms with Crippen LogP contribution in [-0.2, 0) is 0 Å². The third-order valence-corrected chi connectivity index (χ3v) is 2.22. The molecule has 2 heteroatoms. The topological polar surface area (TPSA) is 0 Å². The van der Waals surface area contributed by atoms with E-state index in [0.29, 0.717) is 0 Å². The molecule has 0 N–H and O–H groups in total. The van der Waals surface area contributed by atoms with E-state index in [-0.39, 0.29) is 0 Å². The van der Waals surface area contributed by atoms with E-state index < -0.39 is 0 Å². The van der Waals surface area contributed by atoms with Crippen molar-refractivity contribution in [3.05, 3.63) is 39.8 Å². The quantitative estimate of drug-likeness (QED) is 0.672. The van der Waals surface area contributed by atoms with Crippen LogP contribution in [0.1, 0.15) is 5.56 Å². The summed E-state index contributed by atoms with van der Waals surface area (Å²) in [4.78, 5) is 0. The molecule has 1 rings (SSSR count). The summed E-state index contributed by atoms with van der Waals surface area (Å²) < 4.78 is 0.981. The third-order valence-electron chi connectivity index (χ3n) is 1.20. The van der Waals surface area contributed by atoms with Gasteiger partial charge in [0.15, 0.2) is 0 Å². The predicted molar refractivity (Wildman–Crippen MR) is 49.2 cm³/mol. The van der Waals surface area contributed by atoms with Gasteiger partial charge in [0.05, 0.1) is 0 Å². The molecule has 0 aliphatic heterocycles. The van der Waals surface area contributed by atoms with Crippen molar-refractivity contribution in [2.24, 2.45) is 0 Å². The molecule has 0 unspecified atom stereocenters. The van der Waals surface area contributed by atoms with Gasteiger partial charge < -0.3 is 0 Å². The van der Waals surface area contributed by atoms with Gasteiger partial charge >= 0.3 is 0 Å². The van der Waals surface area contributed by atoms with Crippen molar-refractivity contribution in [1.29, 1.82) is 0 Å². The van der Waals surface area contributed by atoms with Crippen molar-refractivity contribution in [2.75, 3.05) is 0 Å². The molecule has 0 radical (unpaired) electrons. The minimum absolute atomic E-state index is 0.726. The normalized spacial score (nSPS) is 9.40. The molecule has 0 amide bonds. The van der Waals surface area contributed by atoms with Crippen LogP contribution in [0.5, 0.6) is 0 Å². The van der Waals surface area contributed by atoms with Crippen LogP contribution in [0.25, 0.3) is 6.08 Å². The van der Waals surface area contributed by atoms with Gasteiger partial charge in [0.2, 0.25) is 0 Å². The summed E-state index contributed by atoms with van der Waals surface area (Å²) in [6, 6.07) is 5.66. The summed E-state index contributed by atoms with van der Waals surface area (Å²) in [6.45, 7) is 3.64. The van der Waals surface area contributed by atoms with Gasteiger partial charge in [-0.25, -0.2) is 0 Å². The van der Waals surface area contributed by atoms with Crippen molar-refractivity contribution in [1.82, 2.24) is 0 Å². The van der Waals surface area contributed by atoms with Crippen molar-refractivity contribution in [2.45, 2.75) is 0 Å². The fourth-order valence-corrected chi connectivity index (χ4v) is 1.60. The van der Waals surface area contributed by atoms with Crippen LogP contribution < -0.4 is 0 Å². The second-order valence-electron chi connectivity index (χ2n) is 1.84. The lowest BCUT2D eigenvalue weighted by molar-refractivity contribution is 1.60. The first kappa shape index (κ1) is 7.83. The number of benzene rings is 1. The molecule has 0 heterocycles. The van der Waals surface area contributed by atoms with E-state index in [2.05, 4.69) is 22.5 Å². The smallest absolute Gasteiger partial charge is 0.0489 e. The van der Waals surface area contributed by atoms with Gasteiger partial charge in [-0.15, -0.1) is 0 Å². The van der Waals surface area contributed by atoms with Gasteiger partial charge in [0, 0.05) is 15.1 Å². The number of hydrogen-bond acceptors (Lipinski definition) is 0. The Morgan fingerprint density at radius 2 is 2.20 bits per heavy atom. The van der Waals surface area contributed by atoms with Crippen LogP contribution >= 0.6 is 27.5 Å². The summed E-state index contributed by atoms with van der Waals surface area (Å²) in [5.41, 5.74) is 0.948. The Balaban J connectivity index is 3.30. The highest BCUT2D eigenvalue weighted by atomic mass is 79.9. The van der Waals surface area contributed by atoms with Crippen molar-refractivity contribution >= 4 is 33.6 Å². The summed E-state index contributed by atoms with van der Waals surface area (Å²) in [5.74, 6) is 0. The molecule has 0 spiro atoms. The molecule has 0 aliphatic carbocycles. The van der Waals surface area contributed by atoms with Gasteiger partial charge in [-0.3, -0.25) is 0 Å². The first-order valence-electron chi connectivity index (χ1n) is 2.82. The van der Waals surface area contributed by atoms with Crippen LogP contribution in [0.3, 0.4) is 0 Å². The van der Waals surface area contributed by atoms with E-state index in [4.69, 9.17) is 11.6 Å². The van der Waals surface area contributed by atoms with E-state index in [1.165, 1.54) is 0 Å². The fourth-order valence-electron chi connectivity index (χ4n) is 0.706. The lowest BCUT2D eigenvalue weighted by Gasteiger charge is -1.98. The molecule has 1 aromatic carbocycles. The molecule has 10 heavy (non-hydrogen) atoms. The Morgan fingerprint density at radius 3 is 2.60 bits per heavy atom. The maximum Gasteiger partial charge on any atom is 0.0489 e. The van der Waals surface area contributed by atoms with Crippen LogP contribution in [0.15, 0.2) is 29.3 Å². The maximum absolute atomic E-state index is 5.83. The van der Waals surface area contributed by atoms with Gasteiger partial charge in [0.1, 0.15) is 0 Å². The number of halogens is 2. The van der Waals surface area contributed by atoms with Crippen molar-refractivity contribution in [3.8, 4) is 0 Å². The largest absolute Gasteiger partial charge is 0.0984 e. The first-order valence-corrected chi connectivity index (χ1v) is 3.99. The second-order valence-corrected chi connectivity index (χ2v) is 3.10. The molecule has 0 saturated carbocycles. The molecule has 0 saturated heterocycles. The van der Waals surface area contributed by atoms with Gasteiger partial charge in [-0.05, 0) is 12.1 Å². The van der Waals surface area contributed by atoms with Gasteiger partial charge in [-0.1, -0.05) is 46.3 Å². The summed E-state index contributed by atoms with van der Waals surface area (Å²) in [7, 11) is 0. The standard InChI is InChI=1S/C8H6BrCl/c1-2-6-7(9)4-3-5-8(6)10/h2-5H,1H2. The Bertz CT molecular complexity index is 235. The minimum atomic E-state index is 0.726. The molecule has 0 aliphatic rings. The lowest BCUT2D eigenvalue weighted by Crippen LogP contribution is -1.75. The highest BCUT2D eigenvalue weighted by molar-refractivity contribution is 9.10. The monoisotopic (exact) mass is 216 g/mol. The number of rotatable bonds is 1. The van der Waals surface area contributed by atoms with Crippen LogP contribution in [0, 0.1) is 0 Å².